The van der Waals surface area contributed by atoms with E-state index in [9.17, 15) is 4.79 Å². The number of nitrogens with zero attached hydrogens (tertiary/aromatic N) is 1. The summed E-state index contributed by atoms with van der Waals surface area (Å²) in [4.78, 5) is 14.3. The van der Waals surface area contributed by atoms with E-state index in [1.165, 1.54) is 7.11 Å². The van der Waals surface area contributed by atoms with E-state index in [2.05, 4.69) is 17.1 Å². The fourth-order valence-electron chi connectivity index (χ4n) is 2.65. The lowest BCUT2D eigenvalue weighted by atomic mass is 9.99. The van der Waals surface area contributed by atoms with Crippen molar-refractivity contribution in [3.8, 4) is 0 Å². The van der Waals surface area contributed by atoms with Gasteiger partial charge in [0, 0.05) is 25.7 Å². The van der Waals surface area contributed by atoms with Gasteiger partial charge in [-0.15, -0.1) is 0 Å². The molecule has 1 aliphatic rings. The molecule has 1 aliphatic heterocycles. The zero-order chi connectivity index (χ0) is 14.5. The van der Waals surface area contributed by atoms with Crippen LogP contribution in [0.5, 0.6) is 0 Å². The summed E-state index contributed by atoms with van der Waals surface area (Å²) in [5.41, 5.74) is -0.668. The van der Waals surface area contributed by atoms with Gasteiger partial charge in [0.05, 0.1) is 19.8 Å². The largest absolute Gasteiger partial charge is 0.468 e. The third kappa shape index (κ3) is 4.75. The van der Waals surface area contributed by atoms with Gasteiger partial charge >= 0.3 is 5.97 Å². The molecule has 5 heteroatoms. The lowest BCUT2D eigenvalue weighted by molar-refractivity contribution is -0.150. The molecule has 2 atom stereocenters. The third-order valence-electron chi connectivity index (χ3n) is 3.46. The third-order valence-corrected chi connectivity index (χ3v) is 3.46. The molecule has 112 valence electrons. The molecule has 5 nitrogen and oxygen atoms in total. The average molecular weight is 272 g/mol. The first kappa shape index (κ1) is 16.4. The summed E-state index contributed by atoms with van der Waals surface area (Å²) in [6.45, 7) is 11.2. The maximum Gasteiger partial charge on any atom is 0.327 e. The molecule has 1 saturated heterocycles. The van der Waals surface area contributed by atoms with Crippen molar-refractivity contribution in [1.82, 2.24) is 10.2 Å². The van der Waals surface area contributed by atoms with Crippen molar-refractivity contribution in [3.05, 3.63) is 0 Å². The zero-order valence-corrected chi connectivity index (χ0v) is 12.9. The van der Waals surface area contributed by atoms with Crippen LogP contribution < -0.4 is 5.32 Å². The maximum atomic E-state index is 12.1. The quantitative estimate of drug-likeness (QED) is 0.732. The summed E-state index contributed by atoms with van der Waals surface area (Å²) < 4.78 is 10.6. The summed E-state index contributed by atoms with van der Waals surface area (Å²) in [5, 5.41) is 3.33. The molecular weight excluding hydrogens is 244 g/mol. The SMILES string of the molecule is CCC1CN(CC(C)(NC(C)C)C(=O)OC)CCO1. The van der Waals surface area contributed by atoms with Gasteiger partial charge in [-0.25, -0.2) is 0 Å². The van der Waals surface area contributed by atoms with Crippen LogP contribution in [0.2, 0.25) is 0 Å². The smallest absolute Gasteiger partial charge is 0.327 e. The predicted octanol–water partition coefficient (Wildman–Crippen LogP) is 1.03. The van der Waals surface area contributed by atoms with Crippen molar-refractivity contribution >= 4 is 5.97 Å². The van der Waals surface area contributed by atoms with Crippen molar-refractivity contribution in [1.29, 1.82) is 0 Å². The van der Waals surface area contributed by atoms with Crippen LogP contribution in [0, 0.1) is 0 Å². The van der Waals surface area contributed by atoms with Crippen molar-refractivity contribution in [2.75, 3.05) is 33.4 Å². The second-order valence-electron chi connectivity index (χ2n) is 5.76. The van der Waals surface area contributed by atoms with Crippen LogP contribution in [0.25, 0.3) is 0 Å². The van der Waals surface area contributed by atoms with E-state index in [1.807, 2.05) is 20.8 Å². The number of carbonyl (C=O) groups excluding carboxylic acids is 1. The standard InChI is InChI=1S/C14H28N2O3/c1-6-12-9-16(7-8-19-12)10-14(4,13(17)18-5)15-11(2)3/h11-12,15H,6-10H2,1-5H3. The monoisotopic (exact) mass is 272 g/mol. The molecule has 0 amide bonds. The van der Waals surface area contributed by atoms with Crippen molar-refractivity contribution in [2.24, 2.45) is 0 Å². The van der Waals surface area contributed by atoms with Gasteiger partial charge < -0.3 is 9.47 Å². The van der Waals surface area contributed by atoms with E-state index in [4.69, 9.17) is 9.47 Å². The number of hydrogen-bond donors (Lipinski definition) is 1. The highest BCUT2D eigenvalue weighted by Gasteiger charge is 2.37. The van der Waals surface area contributed by atoms with E-state index in [0.29, 0.717) is 6.54 Å². The molecule has 2 unspecified atom stereocenters. The molecule has 0 aliphatic carbocycles. The zero-order valence-electron chi connectivity index (χ0n) is 12.9. The molecule has 19 heavy (non-hydrogen) atoms. The number of nitrogens with one attached hydrogen (secondary N) is 1. The molecule has 1 heterocycles. The van der Waals surface area contributed by atoms with Gasteiger partial charge in [-0.05, 0) is 27.2 Å². The number of methoxy groups -OCH3 is 1. The Balaban J connectivity index is 2.68. The predicted molar refractivity (Wildman–Crippen MR) is 75.2 cm³/mol. The van der Waals surface area contributed by atoms with Crippen LogP contribution in [0.4, 0.5) is 0 Å². The first-order chi connectivity index (χ1) is 8.91. The van der Waals surface area contributed by atoms with Gasteiger partial charge in [0.2, 0.25) is 0 Å². The van der Waals surface area contributed by atoms with Gasteiger partial charge in [0.15, 0.2) is 0 Å². The average Bonchev–Trinajstić information content (AvgIpc) is 2.36. The van der Waals surface area contributed by atoms with Crippen LogP contribution in [0.3, 0.4) is 0 Å². The Labute approximate surface area is 116 Å². The molecule has 0 aromatic carbocycles. The fourth-order valence-corrected chi connectivity index (χ4v) is 2.65. The van der Waals surface area contributed by atoms with Gasteiger partial charge in [-0.1, -0.05) is 6.92 Å². The minimum atomic E-state index is -0.668. The second-order valence-corrected chi connectivity index (χ2v) is 5.76. The highest BCUT2D eigenvalue weighted by Crippen LogP contribution is 2.15. The minimum Gasteiger partial charge on any atom is -0.468 e. The molecule has 0 bridgehead atoms. The molecule has 0 aromatic rings. The van der Waals surface area contributed by atoms with Crippen LogP contribution in [0.1, 0.15) is 34.1 Å². The molecule has 1 N–H and O–H groups in total. The summed E-state index contributed by atoms with van der Waals surface area (Å²) >= 11 is 0. The normalized spacial score (nSPS) is 24.2. The van der Waals surface area contributed by atoms with Crippen LogP contribution >= 0.6 is 0 Å². The topological polar surface area (TPSA) is 50.8 Å². The van der Waals surface area contributed by atoms with Gasteiger partial charge in [-0.2, -0.15) is 0 Å². The summed E-state index contributed by atoms with van der Waals surface area (Å²) in [6.07, 6.45) is 1.28. The summed E-state index contributed by atoms with van der Waals surface area (Å²) in [6, 6.07) is 0.229. The number of ether oxygens (including phenoxy) is 2. The van der Waals surface area contributed by atoms with Crippen LogP contribution in [-0.2, 0) is 14.3 Å². The Morgan fingerprint density at radius 2 is 2.26 bits per heavy atom. The Kier molecular flexibility index (Phi) is 6.23. The summed E-state index contributed by atoms with van der Waals surface area (Å²) in [5.74, 6) is -0.208. The minimum absolute atomic E-state index is 0.208. The number of morpholine rings is 1. The fraction of sp³-hybridized carbons (Fsp3) is 0.929. The van der Waals surface area contributed by atoms with Gasteiger partial charge in [-0.3, -0.25) is 15.0 Å². The number of carbonyl (C=O) groups is 1. The molecule has 0 saturated carbocycles. The molecular formula is C14H28N2O3. The number of hydrogen-bond acceptors (Lipinski definition) is 5. The van der Waals surface area contributed by atoms with E-state index >= 15 is 0 Å². The Morgan fingerprint density at radius 3 is 2.79 bits per heavy atom. The number of esters is 1. The Morgan fingerprint density at radius 1 is 1.58 bits per heavy atom. The lowest BCUT2D eigenvalue weighted by Crippen LogP contribution is -2.61. The Hall–Kier alpha value is -0.650. The van der Waals surface area contributed by atoms with E-state index in [1.54, 1.807) is 0 Å². The lowest BCUT2D eigenvalue weighted by Gasteiger charge is -2.39. The molecule has 1 fully saturated rings. The van der Waals surface area contributed by atoms with Gasteiger partial charge in [0.1, 0.15) is 5.54 Å². The van der Waals surface area contributed by atoms with Crippen molar-refractivity contribution < 1.29 is 14.3 Å². The maximum absolute atomic E-state index is 12.1. The molecule has 0 spiro atoms. The molecule has 1 rings (SSSR count). The Bertz CT molecular complexity index is 296. The van der Waals surface area contributed by atoms with E-state index in [0.717, 1.165) is 26.1 Å². The molecule has 0 radical (unpaired) electrons. The van der Waals surface area contributed by atoms with Crippen LogP contribution in [-0.4, -0.2) is 61.9 Å². The number of rotatable bonds is 6. The highest BCUT2D eigenvalue weighted by atomic mass is 16.5. The highest BCUT2D eigenvalue weighted by molar-refractivity contribution is 5.80. The van der Waals surface area contributed by atoms with Crippen LogP contribution in [0.15, 0.2) is 0 Å². The van der Waals surface area contributed by atoms with Gasteiger partial charge in [0.25, 0.3) is 0 Å². The van der Waals surface area contributed by atoms with Crippen molar-refractivity contribution in [3.63, 3.8) is 0 Å². The molecule has 0 aromatic heterocycles. The second kappa shape index (κ2) is 7.22. The van der Waals surface area contributed by atoms with E-state index < -0.39 is 5.54 Å². The first-order valence-corrected chi connectivity index (χ1v) is 7.11. The first-order valence-electron chi connectivity index (χ1n) is 7.11. The van der Waals surface area contributed by atoms with Crippen molar-refractivity contribution in [2.45, 2.75) is 51.8 Å². The van der Waals surface area contributed by atoms with E-state index in [-0.39, 0.29) is 18.1 Å². The summed E-state index contributed by atoms with van der Waals surface area (Å²) in [7, 11) is 1.44.